The highest BCUT2D eigenvalue weighted by Gasteiger charge is 2.20. The average molecular weight is 360 g/mol. The molecule has 0 radical (unpaired) electrons. The number of aromatic nitrogens is 1. The van der Waals surface area contributed by atoms with E-state index in [1.54, 1.807) is 19.4 Å². The zero-order valence-electron chi connectivity index (χ0n) is 15.2. The molecule has 1 amide bonds. The van der Waals surface area contributed by atoms with Gasteiger partial charge in [-0.2, -0.15) is 0 Å². The molecule has 0 aliphatic carbocycles. The van der Waals surface area contributed by atoms with E-state index in [0.717, 1.165) is 33.8 Å². The molecular weight excluding hydrogens is 340 g/mol. The summed E-state index contributed by atoms with van der Waals surface area (Å²) in [7, 11) is 1.63. The van der Waals surface area contributed by atoms with E-state index in [2.05, 4.69) is 10.3 Å². The summed E-state index contributed by atoms with van der Waals surface area (Å²) in [6, 6.07) is 15.1. The summed E-state index contributed by atoms with van der Waals surface area (Å²) in [5.41, 5.74) is 4.69. The first kappa shape index (κ1) is 17.1. The Morgan fingerprint density at radius 3 is 2.93 bits per heavy atom. The van der Waals surface area contributed by atoms with E-state index in [9.17, 15) is 4.79 Å². The smallest absolute Gasteiger partial charge is 0.251 e. The third-order valence-electron chi connectivity index (χ3n) is 4.76. The van der Waals surface area contributed by atoms with Crippen molar-refractivity contribution in [3.05, 3.63) is 77.6 Å². The van der Waals surface area contributed by atoms with E-state index >= 15 is 0 Å². The van der Waals surface area contributed by atoms with Crippen LogP contribution in [-0.2, 0) is 6.61 Å². The molecule has 2 heterocycles. The molecule has 4 rings (SSSR count). The van der Waals surface area contributed by atoms with Crippen LogP contribution >= 0.6 is 0 Å². The second-order valence-corrected chi connectivity index (χ2v) is 6.50. The third kappa shape index (κ3) is 3.36. The fourth-order valence-corrected chi connectivity index (χ4v) is 3.24. The van der Waals surface area contributed by atoms with Gasteiger partial charge in [0.1, 0.15) is 18.1 Å². The molecule has 5 heteroatoms. The van der Waals surface area contributed by atoms with Crippen LogP contribution in [0.25, 0.3) is 11.1 Å². The van der Waals surface area contributed by atoms with Gasteiger partial charge in [0.25, 0.3) is 5.91 Å². The van der Waals surface area contributed by atoms with Crippen molar-refractivity contribution in [3.8, 4) is 22.6 Å². The number of nitrogens with one attached hydrogen (secondary N) is 1. The van der Waals surface area contributed by atoms with Crippen LogP contribution in [0, 0.1) is 0 Å². The Bertz CT molecular complexity index is 1000. The minimum absolute atomic E-state index is 0.141. The van der Waals surface area contributed by atoms with Crippen molar-refractivity contribution in [3.63, 3.8) is 0 Å². The van der Waals surface area contributed by atoms with E-state index in [1.165, 1.54) is 0 Å². The van der Waals surface area contributed by atoms with Gasteiger partial charge in [-0.1, -0.05) is 12.1 Å². The van der Waals surface area contributed by atoms with Crippen molar-refractivity contribution < 1.29 is 14.3 Å². The molecule has 3 aromatic rings. The lowest BCUT2D eigenvalue weighted by molar-refractivity contribution is 0.0939. The number of carbonyl (C=O) groups excluding carboxylic acids is 1. The van der Waals surface area contributed by atoms with Crippen LogP contribution in [-0.4, -0.2) is 18.0 Å². The van der Waals surface area contributed by atoms with Crippen molar-refractivity contribution in [2.45, 2.75) is 19.6 Å². The van der Waals surface area contributed by atoms with Crippen LogP contribution in [0.2, 0.25) is 0 Å². The lowest BCUT2D eigenvalue weighted by Crippen LogP contribution is -2.26. The molecule has 1 atom stereocenters. The zero-order chi connectivity index (χ0) is 18.8. The van der Waals surface area contributed by atoms with Crippen molar-refractivity contribution in [1.29, 1.82) is 0 Å². The summed E-state index contributed by atoms with van der Waals surface area (Å²) in [6.45, 7) is 2.41. The van der Waals surface area contributed by atoms with Crippen molar-refractivity contribution in [2.24, 2.45) is 0 Å². The molecule has 0 unspecified atom stereocenters. The third-order valence-corrected chi connectivity index (χ3v) is 4.76. The summed E-state index contributed by atoms with van der Waals surface area (Å²) < 4.78 is 11.1. The molecule has 0 saturated carbocycles. The lowest BCUT2D eigenvalue weighted by atomic mass is 9.97. The van der Waals surface area contributed by atoms with Crippen LogP contribution in [0.3, 0.4) is 0 Å². The summed E-state index contributed by atoms with van der Waals surface area (Å²) in [6.07, 6.45) is 3.58. The first-order valence-electron chi connectivity index (χ1n) is 8.80. The fraction of sp³-hybridized carbons (Fsp3) is 0.182. The van der Waals surface area contributed by atoms with E-state index in [1.807, 2.05) is 55.6 Å². The van der Waals surface area contributed by atoms with Gasteiger partial charge in [0, 0.05) is 29.1 Å². The maximum atomic E-state index is 12.7. The van der Waals surface area contributed by atoms with Gasteiger partial charge in [0.15, 0.2) is 0 Å². The molecule has 27 heavy (non-hydrogen) atoms. The van der Waals surface area contributed by atoms with Crippen molar-refractivity contribution in [1.82, 2.24) is 10.3 Å². The maximum Gasteiger partial charge on any atom is 0.251 e. The van der Waals surface area contributed by atoms with Gasteiger partial charge in [0.2, 0.25) is 0 Å². The Morgan fingerprint density at radius 1 is 1.19 bits per heavy atom. The Morgan fingerprint density at radius 2 is 2.07 bits per heavy atom. The molecule has 2 aromatic carbocycles. The predicted octanol–water partition coefficient (Wildman–Crippen LogP) is 4.14. The highest BCUT2D eigenvalue weighted by Crippen LogP contribution is 2.37. The first-order chi connectivity index (χ1) is 13.2. The summed E-state index contributed by atoms with van der Waals surface area (Å²) >= 11 is 0. The van der Waals surface area contributed by atoms with Gasteiger partial charge < -0.3 is 14.8 Å². The number of methoxy groups -OCH3 is 1. The van der Waals surface area contributed by atoms with Crippen molar-refractivity contribution in [2.75, 3.05) is 7.11 Å². The summed E-state index contributed by atoms with van der Waals surface area (Å²) in [5.74, 6) is 1.34. The maximum absolute atomic E-state index is 12.7. The molecule has 136 valence electrons. The van der Waals surface area contributed by atoms with Crippen LogP contribution in [0.5, 0.6) is 11.5 Å². The largest absolute Gasteiger partial charge is 0.497 e. The van der Waals surface area contributed by atoms with Gasteiger partial charge in [-0.3, -0.25) is 9.78 Å². The number of amides is 1. The number of benzene rings is 2. The zero-order valence-corrected chi connectivity index (χ0v) is 15.2. The Labute approximate surface area is 158 Å². The predicted molar refractivity (Wildman–Crippen MR) is 103 cm³/mol. The average Bonchev–Trinajstić information content (AvgIpc) is 2.73. The molecule has 1 aliphatic heterocycles. The van der Waals surface area contributed by atoms with E-state index < -0.39 is 0 Å². The van der Waals surface area contributed by atoms with E-state index in [-0.39, 0.29) is 11.9 Å². The number of ether oxygens (including phenoxy) is 2. The molecule has 0 spiro atoms. The highest BCUT2D eigenvalue weighted by molar-refractivity contribution is 5.96. The normalized spacial score (nSPS) is 13.0. The monoisotopic (exact) mass is 360 g/mol. The highest BCUT2D eigenvalue weighted by atomic mass is 16.5. The van der Waals surface area contributed by atoms with Crippen LogP contribution in [0.4, 0.5) is 0 Å². The van der Waals surface area contributed by atoms with Crippen LogP contribution in [0.15, 0.2) is 60.9 Å². The Kier molecular flexibility index (Phi) is 4.50. The first-order valence-corrected chi connectivity index (χ1v) is 8.80. The fourth-order valence-electron chi connectivity index (χ4n) is 3.24. The molecule has 1 aromatic heterocycles. The Balaban J connectivity index is 1.55. The van der Waals surface area contributed by atoms with Crippen LogP contribution < -0.4 is 14.8 Å². The topological polar surface area (TPSA) is 60.5 Å². The molecule has 5 nitrogen and oxygen atoms in total. The minimum Gasteiger partial charge on any atom is -0.497 e. The summed E-state index contributed by atoms with van der Waals surface area (Å²) in [5, 5.41) is 3.03. The van der Waals surface area contributed by atoms with Gasteiger partial charge in [-0.05, 0) is 54.4 Å². The van der Waals surface area contributed by atoms with E-state index in [4.69, 9.17) is 9.47 Å². The number of fused-ring (bicyclic) bond motifs is 3. The summed E-state index contributed by atoms with van der Waals surface area (Å²) in [4.78, 5) is 16.8. The second-order valence-electron chi connectivity index (χ2n) is 6.50. The number of hydrogen-bond donors (Lipinski definition) is 1. The minimum atomic E-state index is -0.142. The number of hydrogen-bond acceptors (Lipinski definition) is 4. The molecule has 1 aliphatic rings. The molecule has 0 fully saturated rings. The molecule has 1 N–H and O–H groups in total. The molecular formula is C22H20N2O3. The van der Waals surface area contributed by atoms with Crippen LogP contribution in [0.1, 0.15) is 34.5 Å². The van der Waals surface area contributed by atoms with Gasteiger partial charge >= 0.3 is 0 Å². The van der Waals surface area contributed by atoms with Crippen molar-refractivity contribution >= 4 is 5.91 Å². The quantitative estimate of drug-likeness (QED) is 0.760. The SMILES string of the molecule is COc1cccc([C@H](C)NC(=O)c2ccc3c(c2)OCc2cnccc2-3)c1. The number of rotatable bonds is 4. The Hall–Kier alpha value is -3.34. The standard InChI is InChI=1S/C22H20N2O3/c1-14(15-4-3-5-18(10-15)26-2)24-22(25)16-6-7-20-19-8-9-23-12-17(19)13-27-21(20)11-16/h3-12,14H,13H2,1-2H3,(H,24,25)/t14-/m0/s1. The van der Waals surface area contributed by atoms with E-state index in [0.29, 0.717) is 12.2 Å². The number of carbonyl (C=O) groups is 1. The second kappa shape index (κ2) is 7.11. The molecule has 0 saturated heterocycles. The van der Waals surface area contributed by atoms with Gasteiger partial charge in [0.05, 0.1) is 13.2 Å². The number of nitrogens with zero attached hydrogens (tertiary/aromatic N) is 1. The van der Waals surface area contributed by atoms with Gasteiger partial charge in [-0.25, -0.2) is 0 Å². The number of pyridine rings is 1. The molecule has 0 bridgehead atoms. The lowest BCUT2D eigenvalue weighted by Gasteiger charge is -2.21. The van der Waals surface area contributed by atoms with Gasteiger partial charge in [-0.15, -0.1) is 0 Å².